The Labute approximate surface area is 356 Å². The molecule has 0 saturated heterocycles. The van der Waals surface area contributed by atoms with Crippen LogP contribution in [-0.2, 0) is 0 Å². The van der Waals surface area contributed by atoms with Crippen LogP contribution in [0.25, 0.3) is 92.6 Å². The first-order valence-corrected chi connectivity index (χ1v) is 21.3. The molecule has 0 saturated carbocycles. The van der Waals surface area contributed by atoms with Crippen molar-refractivity contribution in [2.45, 2.75) is 0 Å². The molecule has 0 N–H and O–H groups in total. The van der Waals surface area contributed by atoms with E-state index in [1.807, 2.05) is 72.0 Å². The van der Waals surface area contributed by atoms with Gasteiger partial charge in [-0.05, 0) is 72.8 Å². The molecule has 0 bridgehead atoms. The van der Waals surface area contributed by atoms with E-state index in [2.05, 4.69) is 161 Å². The van der Waals surface area contributed by atoms with Crippen molar-refractivity contribution in [3.63, 3.8) is 0 Å². The van der Waals surface area contributed by atoms with Crippen LogP contribution in [0.3, 0.4) is 0 Å². The summed E-state index contributed by atoms with van der Waals surface area (Å²) in [6, 6.07) is 75.1. The topological polar surface area (TPSA) is 46.8 Å². The van der Waals surface area contributed by atoms with E-state index in [1.54, 1.807) is 0 Å². The van der Waals surface area contributed by atoms with Crippen molar-refractivity contribution < 1.29 is 0 Å². The molecule has 286 valence electrons. The summed E-state index contributed by atoms with van der Waals surface area (Å²) in [5.74, 6) is 1.92. The van der Waals surface area contributed by atoms with Gasteiger partial charge in [-0.25, -0.2) is 15.0 Å². The molecule has 3 aromatic heterocycles. The van der Waals surface area contributed by atoms with Crippen molar-refractivity contribution in [2.24, 2.45) is 0 Å². The third kappa shape index (κ3) is 5.95. The molecule has 0 fully saturated rings. The number of fused-ring (bicyclic) bond motifs is 9. The molecule has 0 aliphatic carbocycles. The fourth-order valence-corrected chi connectivity index (χ4v) is 10.0. The van der Waals surface area contributed by atoms with Gasteiger partial charge in [-0.2, -0.15) is 0 Å². The van der Waals surface area contributed by atoms with E-state index in [0.29, 0.717) is 17.5 Å². The van der Waals surface area contributed by atoms with Gasteiger partial charge in [0.1, 0.15) is 0 Å². The average Bonchev–Trinajstić information content (AvgIpc) is 3.89. The summed E-state index contributed by atoms with van der Waals surface area (Å²) in [6.07, 6.45) is 0. The number of hydrogen-bond acceptors (Lipinski definition) is 5. The zero-order chi connectivity index (χ0) is 40.3. The second-order valence-corrected chi connectivity index (χ2v) is 16.3. The lowest BCUT2D eigenvalue weighted by Crippen LogP contribution is -2.09. The lowest BCUT2D eigenvalue weighted by atomic mass is 10.0. The number of para-hydroxylation sites is 2. The molecule has 9 aromatic carbocycles. The highest BCUT2D eigenvalue weighted by atomic mass is 32.1. The zero-order valence-corrected chi connectivity index (χ0v) is 33.7. The monoisotopic (exact) mass is 797 g/mol. The molecule has 12 rings (SSSR count). The SMILES string of the molecule is c1ccc(-c2nc(-c3ccccc3)nc(-c3ccc(-n4c5ccc(N(c6ccccc6)c6ccccc6)cc5c5ccc6c(ccc7c8ccccc8sc76)c54)cc3)n2)cc1. The number of thiophene rings is 1. The number of rotatable bonds is 7. The van der Waals surface area contributed by atoms with Gasteiger partial charge in [0.05, 0.1) is 11.0 Å². The number of aromatic nitrogens is 4. The highest BCUT2D eigenvalue weighted by Gasteiger charge is 2.21. The molecule has 0 aliphatic rings. The number of anilines is 3. The fourth-order valence-electron chi connectivity index (χ4n) is 8.79. The summed E-state index contributed by atoms with van der Waals surface area (Å²) in [6.45, 7) is 0. The van der Waals surface area contributed by atoms with Crippen LogP contribution in [0.15, 0.2) is 212 Å². The van der Waals surface area contributed by atoms with Crippen LogP contribution < -0.4 is 4.90 Å². The molecule has 6 heteroatoms. The van der Waals surface area contributed by atoms with Crippen molar-refractivity contribution in [1.29, 1.82) is 0 Å². The number of benzene rings is 9. The minimum atomic E-state index is 0.630. The van der Waals surface area contributed by atoms with E-state index in [0.717, 1.165) is 45.0 Å². The third-order valence-corrected chi connectivity index (χ3v) is 12.8. The van der Waals surface area contributed by atoms with Crippen molar-refractivity contribution in [2.75, 3.05) is 4.90 Å². The predicted octanol–water partition coefficient (Wildman–Crippen LogP) is 15.0. The lowest BCUT2D eigenvalue weighted by Gasteiger charge is -2.25. The van der Waals surface area contributed by atoms with E-state index in [9.17, 15) is 0 Å². The Morgan fingerprint density at radius 1 is 0.361 bits per heavy atom. The molecule has 0 radical (unpaired) electrons. The molecule has 3 heterocycles. The molecule has 12 aromatic rings. The normalized spacial score (nSPS) is 11.6. The van der Waals surface area contributed by atoms with Crippen LogP contribution in [0.4, 0.5) is 17.1 Å². The van der Waals surface area contributed by atoms with Crippen LogP contribution >= 0.6 is 11.3 Å². The van der Waals surface area contributed by atoms with Gasteiger partial charge in [0, 0.05) is 81.2 Å². The van der Waals surface area contributed by atoms with Crippen molar-refractivity contribution in [1.82, 2.24) is 19.5 Å². The first kappa shape index (κ1) is 35.1. The van der Waals surface area contributed by atoms with Gasteiger partial charge in [0.15, 0.2) is 17.5 Å². The molecule has 0 spiro atoms. The summed E-state index contributed by atoms with van der Waals surface area (Å²) in [4.78, 5) is 17.3. The molecule has 0 aliphatic heterocycles. The minimum absolute atomic E-state index is 0.630. The molecule has 61 heavy (non-hydrogen) atoms. The largest absolute Gasteiger partial charge is 0.310 e. The Hall–Kier alpha value is -7.93. The summed E-state index contributed by atoms with van der Waals surface area (Å²) in [5.41, 5.74) is 9.49. The van der Waals surface area contributed by atoms with E-state index < -0.39 is 0 Å². The van der Waals surface area contributed by atoms with E-state index >= 15 is 0 Å². The standard InChI is InChI=1S/C55H35N5S/c1-5-15-36(16-6-1)53-56-54(37-17-7-2-8-18-37)58-55(57-53)38-25-27-41(28-26-38)60-49-34-29-42(59(39-19-9-3-10-20-39)40-21-11-4-12-22-40)35-48(49)45-31-33-47-44(51(45)60)30-32-46-43-23-13-14-24-50(43)61-52(46)47/h1-35H. The van der Waals surface area contributed by atoms with Gasteiger partial charge < -0.3 is 9.47 Å². The van der Waals surface area contributed by atoms with E-state index in [4.69, 9.17) is 15.0 Å². The van der Waals surface area contributed by atoms with Crippen molar-refractivity contribution in [3.05, 3.63) is 212 Å². The second kappa shape index (κ2) is 14.4. The molecule has 5 nitrogen and oxygen atoms in total. The van der Waals surface area contributed by atoms with Crippen LogP contribution in [0, 0.1) is 0 Å². The van der Waals surface area contributed by atoms with Crippen molar-refractivity contribution in [3.8, 4) is 39.9 Å². The quantitative estimate of drug-likeness (QED) is 0.161. The second-order valence-electron chi connectivity index (χ2n) is 15.2. The number of nitrogens with zero attached hydrogens (tertiary/aromatic N) is 5. The summed E-state index contributed by atoms with van der Waals surface area (Å²) in [7, 11) is 0. The Bertz CT molecular complexity index is 3470. The first-order valence-electron chi connectivity index (χ1n) is 20.4. The smallest absolute Gasteiger partial charge is 0.164 e. The third-order valence-electron chi connectivity index (χ3n) is 11.6. The van der Waals surface area contributed by atoms with Gasteiger partial charge in [-0.1, -0.05) is 140 Å². The van der Waals surface area contributed by atoms with E-state index in [1.165, 1.54) is 47.2 Å². The molecule has 0 amide bonds. The molecule has 0 unspecified atom stereocenters. The Balaban J connectivity index is 1.07. The van der Waals surface area contributed by atoms with Crippen LogP contribution in [-0.4, -0.2) is 19.5 Å². The highest BCUT2D eigenvalue weighted by molar-refractivity contribution is 7.26. The van der Waals surface area contributed by atoms with Crippen LogP contribution in [0.5, 0.6) is 0 Å². The molecule has 0 atom stereocenters. The molecular formula is C55H35N5S. The Kier molecular flexibility index (Phi) is 8.28. The maximum Gasteiger partial charge on any atom is 0.164 e. The number of hydrogen-bond donors (Lipinski definition) is 0. The molecular weight excluding hydrogens is 763 g/mol. The fraction of sp³-hybridized carbons (Fsp3) is 0. The van der Waals surface area contributed by atoms with E-state index in [-0.39, 0.29) is 0 Å². The zero-order valence-electron chi connectivity index (χ0n) is 32.9. The average molecular weight is 798 g/mol. The van der Waals surface area contributed by atoms with Crippen LogP contribution in [0.2, 0.25) is 0 Å². The summed E-state index contributed by atoms with van der Waals surface area (Å²) in [5, 5.41) is 7.46. The first-order chi connectivity index (χ1) is 30.2. The van der Waals surface area contributed by atoms with Gasteiger partial charge in [-0.3, -0.25) is 0 Å². The summed E-state index contributed by atoms with van der Waals surface area (Å²) >= 11 is 1.87. The van der Waals surface area contributed by atoms with Gasteiger partial charge >= 0.3 is 0 Å². The maximum absolute atomic E-state index is 5.02. The lowest BCUT2D eigenvalue weighted by molar-refractivity contribution is 1.07. The maximum atomic E-state index is 5.02. The van der Waals surface area contributed by atoms with Gasteiger partial charge in [0.25, 0.3) is 0 Å². The Morgan fingerprint density at radius 2 is 0.836 bits per heavy atom. The Morgan fingerprint density at radius 3 is 1.43 bits per heavy atom. The predicted molar refractivity (Wildman–Crippen MR) is 256 cm³/mol. The van der Waals surface area contributed by atoms with Gasteiger partial charge in [-0.15, -0.1) is 11.3 Å². The van der Waals surface area contributed by atoms with Crippen LogP contribution in [0.1, 0.15) is 0 Å². The summed E-state index contributed by atoms with van der Waals surface area (Å²) < 4.78 is 5.05. The van der Waals surface area contributed by atoms with Crippen molar-refractivity contribution >= 4 is 81.1 Å². The van der Waals surface area contributed by atoms with Gasteiger partial charge in [0.2, 0.25) is 0 Å². The minimum Gasteiger partial charge on any atom is -0.310 e. The highest BCUT2D eigenvalue weighted by Crippen LogP contribution is 2.45.